The van der Waals surface area contributed by atoms with Gasteiger partial charge in [0, 0.05) is 41.0 Å². The molecule has 6 rings (SSSR count). The third kappa shape index (κ3) is 7.15. The molecule has 5 atom stereocenters. The average Bonchev–Trinajstić information content (AvgIpc) is 3.69. The number of pyridine rings is 1. The van der Waals surface area contributed by atoms with Crippen LogP contribution in [0, 0.1) is 11.3 Å². The third-order valence-electron chi connectivity index (χ3n) is 9.64. The summed E-state index contributed by atoms with van der Waals surface area (Å²) in [6.45, 7) is 9.23. The van der Waals surface area contributed by atoms with Crippen LogP contribution in [0.2, 0.25) is 0 Å². The fourth-order valence-electron chi connectivity index (χ4n) is 6.65. The lowest BCUT2D eigenvalue weighted by Crippen LogP contribution is -2.59. The summed E-state index contributed by atoms with van der Waals surface area (Å²) in [6, 6.07) is 23.4. The smallest absolute Gasteiger partial charge is 0.330 e. The van der Waals surface area contributed by atoms with Crippen molar-refractivity contribution in [2.24, 2.45) is 11.3 Å². The van der Waals surface area contributed by atoms with Gasteiger partial charge in [0.25, 0.3) is 5.91 Å². The van der Waals surface area contributed by atoms with Gasteiger partial charge in [-0.2, -0.15) is 0 Å². The molecule has 0 spiro atoms. The average molecular weight is 691 g/mol. The minimum atomic E-state index is -1.50. The molecule has 1 unspecified atom stereocenters. The number of carbonyl (C=O) groups excluding carboxylic acids is 3. The maximum atomic E-state index is 14.5. The van der Waals surface area contributed by atoms with E-state index >= 15 is 0 Å². The summed E-state index contributed by atoms with van der Waals surface area (Å²) >= 11 is 0. The van der Waals surface area contributed by atoms with Gasteiger partial charge in [-0.3, -0.25) is 14.4 Å². The number of nitrogens with one attached hydrogen (secondary N) is 2. The second kappa shape index (κ2) is 13.9. The molecular weight excluding hydrogens is 648 g/mol. The predicted molar refractivity (Wildman–Crippen MR) is 192 cm³/mol. The predicted octanol–water partition coefficient (Wildman–Crippen LogP) is 5.25. The van der Waals surface area contributed by atoms with Crippen molar-refractivity contribution in [1.29, 1.82) is 0 Å². The van der Waals surface area contributed by atoms with Crippen molar-refractivity contribution in [2.75, 3.05) is 13.7 Å². The van der Waals surface area contributed by atoms with Gasteiger partial charge in [-0.1, -0.05) is 75.4 Å². The molecule has 2 heterocycles. The van der Waals surface area contributed by atoms with Crippen molar-refractivity contribution >= 4 is 34.6 Å². The zero-order chi connectivity index (χ0) is 36.5. The number of fused-ring (bicyclic) bond motifs is 1. The fourth-order valence-corrected chi connectivity index (χ4v) is 6.65. The van der Waals surface area contributed by atoms with E-state index in [0.29, 0.717) is 33.7 Å². The Hall–Kier alpha value is -5.71. The number of aromatic nitrogens is 1. The summed E-state index contributed by atoms with van der Waals surface area (Å²) in [5.41, 5.74) is 0.307. The molecule has 0 bridgehead atoms. The topological polar surface area (TPSA) is 147 Å². The highest BCUT2D eigenvalue weighted by Crippen LogP contribution is 2.45. The number of carboxylic acids is 1. The first-order valence-corrected chi connectivity index (χ1v) is 16.9. The van der Waals surface area contributed by atoms with Crippen molar-refractivity contribution in [2.45, 2.75) is 57.3 Å². The molecule has 11 nitrogen and oxygen atoms in total. The molecule has 2 aliphatic rings. The van der Waals surface area contributed by atoms with E-state index in [-0.39, 0.29) is 19.4 Å². The second-order valence-corrected chi connectivity index (χ2v) is 14.2. The monoisotopic (exact) mass is 690 g/mol. The van der Waals surface area contributed by atoms with Crippen LogP contribution < -0.4 is 20.1 Å². The van der Waals surface area contributed by atoms with E-state index in [0.717, 1.165) is 5.56 Å². The van der Waals surface area contributed by atoms with Gasteiger partial charge >= 0.3 is 5.97 Å². The number of carboxylic acid groups (broad SMARTS) is 1. The number of likely N-dealkylation sites (tertiary alicyclic amines) is 1. The highest BCUT2D eigenvalue weighted by atomic mass is 16.5. The van der Waals surface area contributed by atoms with E-state index in [2.05, 4.69) is 17.2 Å². The molecule has 0 radical (unpaired) electrons. The van der Waals surface area contributed by atoms with E-state index < -0.39 is 58.8 Å². The van der Waals surface area contributed by atoms with Gasteiger partial charge in [0.15, 0.2) is 0 Å². The zero-order valence-corrected chi connectivity index (χ0v) is 29.1. The van der Waals surface area contributed by atoms with Crippen molar-refractivity contribution in [3.05, 3.63) is 103 Å². The molecular formula is C40H42N4O7. The van der Waals surface area contributed by atoms with Crippen molar-refractivity contribution in [3.63, 3.8) is 0 Å². The largest absolute Gasteiger partial charge is 0.497 e. The van der Waals surface area contributed by atoms with Gasteiger partial charge in [-0.25, -0.2) is 9.78 Å². The van der Waals surface area contributed by atoms with Crippen LogP contribution in [0.5, 0.6) is 11.5 Å². The van der Waals surface area contributed by atoms with Crippen LogP contribution in [0.3, 0.4) is 0 Å². The van der Waals surface area contributed by atoms with E-state index in [1.807, 2.05) is 69.3 Å². The standard InChI is InChI=1S/C40H42N4O7/c1-6-26-22-40(26,38(48)49)43-36(46)32-20-28(23-44(32)37(47)34(39(2,3)4)42-35(45)25-15-11-8-12-16-25)51-33-21-30(24-13-9-7-10-14-24)41-31-19-27(50-5)17-18-29(31)33/h6-19,21,26,28,32,34H,1,20,22-23H2,2-5H3,(H,42,45)(H,43,46)(H,48,49)/t26-,28+,32-,34+,40?/m0/s1. The number of nitrogens with zero attached hydrogens (tertiary/aromatic N) is 2. The summed E-state index contributed by atoms with van der Waals surface area (Å²) < 4.78 is 12.1. The number of hydrogen-bond donors (Lipinski definition) is 3. The minimum Gasteiger partial charge on any atom is -0.497 e. The van der Waals surface area contributed by atoms with E-state index in [1.165, 1.54) is 11.0 Å². The quantitative estimate of drug-likeness (QED) is 0.181. The van der Waals surface area contributed by atoms with Crippen LogP contribution in [0.4, 0.5) is 0 Å². The summed E-state index contributed by atoms with van der Waals surface area (Å²) in [7, 11) is 1.58. The molecule has 3 N–H and O–H groups in total. The molecule has 1 saturated heterocycles. The van der Waals surface area contributed by atoms with Crippen molar-refractivity contribution in [1.82, 2.24) is 20.5 Å². The summed E-state index contributed by atoms with van der Waals surface area (Å²) in [5, 5.41) is 16.4. The zero-order valence-electron chi connectivity index (χ0n) is 29.1. The summed E-state index contributed by atoms with van der Waals surface area (Å²) in [5.74, 6) is -2.01. The Balaban J connectivity index is 1.35. The molecule has 264 valence electrons. The first-order chi connectivity index (χ1) is 24.3. The van der Waals surface area contributed by atoms with E-state index in [9.17, 15) is 24.3 Å². The molecule has 1 aliphatic heterocycles. The van der Waals surface area contributed by atoms with Gasteiger partial charge in [0.1, 0.15) is 35.2 Å². The maximum Gasteiger partial charge on any atom is 0.330 e. The Kier molecular flexibility index (Phi) is 9.57. The molecule has 1 aliphatic carbocycles. The Morgan fingerprint density at radius 2 is 1.71 bits per heavy atom. The Morgan fingerprint density at radius 1 is 1.02 bits per heavy atom. The number of carbonyl (C=O) groups is 4. The summed E-state index contributed by atoms with van der Waals surface area (Å²) in [4.78, 5) is 60.5. The van der Waals surface area contributed by atoms with Crippen LogP contribution in [-0.2, 0) is 14.4 Å². The van der Waals surface area contributed by atoms with Gasteiger partial charge < -0.3 is 30.1 Å². The van der Waals surface area contributed by atoms with Gasteiger partial charge in [-0.05, 0) is 36.1 Å². The van der Waals surface area contributed by atoms with Crippen LogP contribution in [0.1, 0.15) is 44.0 Å². The Labute approximate surface area is 296 Å². The van der Waals surface area contributed by atoms with Crippen LogP contribution >= 0.6 is 0 Å². The minimum absolute atomic E-state index is 0.0102. The number of methoxy groups -OCH3 is 1. The molecule has 3 amide bonds. The molecule has 1 aromatic heterocycles. The second-order valence-electron chi connectivity index (χ2n) is 14.2. The first kappa shape index (κ1) is 35.1. The van der Waals surface area contributed by atoms with Crippen LogP contribution in [-0.4, -0.2) is 76.1 Å². The molecule has 4 aromatic rings. The van der Waals surface area contributed by atoms with Gasteiger partial charge in [-0.15, -0.1) is 6.58 Å². The molecule has 1 saturated carbocycles. The fraction of sp³-hybridized carbons (Fsp3) is 0.325. The van der Waals surface area contributed by atoms with Gasteiger partial charge in [0.05, 0.1) is 24.9 Å². The van der Waals surface area contributed by atoms with Crippen LogP contribution in [0.15, 0.2) is 97.6 Å². The highest BCUT2D eigenvalue weighted by Gasteiger charge is 2.61. The van der Waals surface area contributed by atoms with Gasteiger partial charge in [0.2, 0.25) is 11.8 Å². The number of rotatable bonds is 11. The molecule has 11 heteroatoms. The number of amides is 3. The molecule has 51 heavy (non-hydrogen) atoms. The lowest BCUT2D eigenvalue weighted by Gasteiger charge is -2.35. The van der Waals surface area contributed by atoms with Crippen molar-refractivity contribution < 1.29 is 33.8 Å². The SMILES string of the molecule is C=C[C@H]1CC1(NC(=O)[C@@H]1C[C@@H](Oc2cc(-c3ccccc3)nc3cc(OC)ccc23)CN1C(=O)[C@@H](NC(=O)c1ccccc1)C(C)(C)C)C(=O)O. The molecule has 3 aromatic carbocycles. The number of benzene rings is 3. The number of ether oxygens (including phenoxy) is 2. The lowest BCUT2D eigenvalue weighted by atomic mass is 9.85. The van der Waals surface area contributed by atoms with E-state index in [1.54, 1.807) is 43.5 Å². The first-order valence-electron chi connectivity index (χ1n) is 16.9. The van der Waals surface area contributed by atoms with Crippen molar-refractivity contribution in [3.8, 4) is 22.8 Å². The Bertz CT molecular complexity index is 1980. The lowest BCUT2D eigenvalue weighted by molar-refractivity contribution is -0.146. The normalized spacial score (nSPS) is 21.7. The molecule has 2 fully saturated rings. The summed E-state index contributed by atoms with van der Waals surface area (Å²) in [6.07, 6.45) is 1.13. The Morgan fingerprint density at radius 3 is 2.31 bits per heavy atom. The maximum absolute atomic E-state index is 14.5. The number of hydrogen-bond acceptors (Lipinski definition) is 7. The van der Waals surface area contributed by atoms with E-state index in [4.69, 9.17) is 14.5 Å². The third-order valence-corrected chi connectivity index (χ3v) is 9.64. The van der Waals surface area contributed by atoms with Crippen LogP contribution in [0.25, 0.3) is 22.2 Å². The highest BCUT2D eigenvalue weighted by molar-refractivity contribution is 6.00. The number of aliphatic carboxylic acids is 1.